The van der Waals surface area contributed by atoms with Crippen molar-refractivity contribution in [2.45, 2.75) is 13.5 Å². The minimum Gasteiger partial charge on any atom is -0.465 e. The summed E-state index contributed by atoms with van der Waals surface area (Å²) >= 11 is 0. The molecule has 1 aromatic rings. The van der Waals surface area contributed by atoms with Crippen molar-refractivity contribution < 1.29 is 14.3 Å². The minimum absolute atomic E-state index is 0.191. The van der Waals surface area contributed by atoms with Gasteiger partial charge in [-0.05, 0) is 18.7 Å². The summed E-state index contributed by atoms with van der Waals surface area (Å²) in [5.41, 5.74) is 6.31. The van der Waals surface area contributed by atoms with Crippen LogP contribution in [0.15, 0.2) is 18.3 Å². The molecule has 1 amide bonds. The van der Waals surface area contributed by atoms with Gasteiger partial charge in [-0.3, -0.25) is 14.7 Å². The third kappa shape index (κ3) is 4.14. The van der Waals surface area contributed by atoms with Gasteiger partial charge < -0.3 is 10.5 Å². The Balaban J connectivity index is 2.67. The molecule has 0 atom stereocenters. The second kappa shape index (κ2) is 6.70. The molecular weight excluding hydrogens is 234 g/mol. The standard InChI is InChI=1S/C12H17N3O3/c1-3-15(8-11(13)16)7-10-5-4-9(6-14-10)12(17)18-2/h4-6H,3,7-8H2,1-2H3,(H2,13,16). The number of carbonyl (C=O) groups is 2. The van der Waals surface area contributed by atoms with E-state index in [1.54, 1.807) is 12.1 Å². The van der Waals surface area contributed by atoms with E-state index in [0.29, 0.717) is 18.7 Å². The molecule has 0 aliphatic carbocycles. The Morgan fingerprint density at radius 1 is 1.44 bits per heavy atom. The van der Waals surface area contributed by atoms with Gasteiger partial charge in [-0.15, -0.1) is 0 Å². The number of aromatic nitrogens is 1. The summed E-state index contributed by atoms with van der Waals surface area (Å²) in [6, 6.07) is 3.38. The maximum Gasteiger partial charge on any atom is 0.339 e. The Morgan fingerprint density at radius 3 is 2.61 bits per heavy atom. The van der Waals surface area contributed by atoms with Crippen molar-refractivity contribution in [1.82, 2.24) is 9.88 Å². The number of likely N-dealkylation sites (N-methyl/N-ethyl adjacent to an activating group) is 1. The first-order valence-corrected chi connectivity index (χ1v) is 5.60. The molecule has 0 radical (unpaired) electrons. The van der Waals surface area contributed by atoms with Crippen LogP contribution in [0.4, 0.5) is 0 Å². The fourth-order valence-electron chi connectivity index (χ4n) is 1.49. The number of hydrogen-bond donors (Lipinski definition) is 1. The average molecular weight is 251 g/mol. The maximum absolute atomic E-state index is 11.2. The first-order chi connectivity index (χ1) is 8.56. The molecule has 1 heterocycles. The quantitative estimate of drug-likeness (QED) is 0.729. The number of ether oxygens (including phenoxy) is 1. The van der Waals surface area contributed by atoms with Crippen LogP contribution < -0.4 is 5.73 Å². The zero-order valence-electron chi connectivity index (χ0n) is 10.5. The van der Waals surface area contributed by atoms with E-state index in [1.165, 1.54) is 13.3 Å². The molecule has 1 aromatic heterocycles. The number of amides is 1. The molecule has 0 saturated carbocycles. The lowest BCUT2D eigenvalue weighted by Crippen LogP contribution is -2.33. The van der Waals surface area contributed by atoms with Crippen LogP contribution in [0.3, 0.4) is 0 Å². The highest BCUT2D eigenvalue weighted by atomic mass is 16.5. The molecule has 0 aliphatic rings. The highest BCUT2D eigenvalue weighted by Gasteiger charge is 2.09. The van der Waals surface area contributed by atoms with Crippen molar-refractivity contribution in [2.75, 3.05) is 20.2 Å². The molecule has 0 aliphatic heterocycles. The highest BCUT2D eigenvalue weighted by molar-refractivity contribution is 5.88. The molecule has 6 nitrogen and oxygen atoms in total. The van der Waals surface area contributed by atoms with E-state index in [9.17, 15) is 9.59 Å². The van der Waals surface area contributed by atoms with Gasteiger partial charge in [-0.25, -0.2) is 4.79 Å². The molecule has 0 fully saturated rings. The summed E-state index contributed by atoms with van der Waals surface area (Å²) in [5, 5.41) is 0. The van der Waals surface area contributed by atoms with Crippen LogP contribution in [0.25, 0.3) is 0 Å². The minimum atomic E-state index is -0.418. The topological polar surface area (TPSA) is 85.5 Å². The highest BCUT2D eigenvalue weighted by Crippen LogP contribution is 2.05. The molecule has 18 heavy (non-hydrogen) atoms. The molecule has 0 bridgehead atoms. The van der Waals surface area contributed by atoms with Gasteiger partial charge in [-0.2, -0.15) is 0 Å². The number of esters is 1. The van der Waals surface area contributed by atoms with Crippen molar-refractivity contribution in [3.8, 4) is 0 Å². The van der Waals surface area contributed by atoms with Crippen LogP contribution in [-0.2, 0) is 16.1 Å². The number of primary amides is 1. The Labute approximate surface area is 106 Å². The molecule has 6 heteroatoms. The summed E-state index contributed by atoms with van der Waals surface area (Å²) in [5.74, 6) is -0.790. The van der Waals surface area contributed by atoms with Gasteiger partial charge in [0.15, 0.2) is 0 Å². The predicted molar refractivity (Wildman–Crippen MR) is 65.7 cm³/mol. The predicted octanol–water partition coefficient (Wildman–Crippen LogP) is 0.175. The number of rotatable bonds is 6. The fraction of sp³-hybridized carbons (Fsp3) is 0.417. The van der Waals surface area contributed by atoms with Crippen LogP contribution in [0.1, 0.15) is 23.0 Å². The van der Waals surface area contributed by atoms with Gasteiger partial charge in [0.2, 0.25) is 5.91 Å². The second-order valence-electron chi connectivity index (χ2n) is 3.80. The van der Waals surface area contributed by atoms with Crippen molar-refractivity contribution >= 4 is 11.9 Å². The Bertz CT molecular complexity index is 417. The number of hydrogen-bond acceptors (Lipinski definition) is 5. The summed E-state index contributed by atoms with van der Waals surface area (Å²) in [7, 11) is 1.32. The van der Waals surface area contributed by atoms with Gasteiger partial charge in [-0.1, -0.05) is 6.92 Å². The number of nitrogens with zero attached hydrogens (tertiary/aromatic N) is 2. The van der Waals surface area contributed by atoms with Crippen LogP contribution in [0, 0.1) is 0 Å². The molecular formula is C12H17N3O3. The number of nitrogens with two attached hydrogens (primary N) is 1. The van der Waals surface area contributed by atoms with E-state index >= 15 is 0 Å². The molecule has 2 N–H and O–H groups in total. The zero-order chi connectivity index (χ0) is 13.5. The summed E-state index contributed by atoms with van der Waals surface area (Å²) in [6.07, 6.45) is 1.46. The van der Waals surface area contributed by atoms with E-state index in [0.717, 1.165) is 5.69 Å². The third-order valence-electron chi connectivity index (χ3n) is 2.46. The van der Waals surface area contributed by atoms with Crippen molar-refractivity contribution in [3.63, 3.8) is 0 Å². The second-order valence-corrected chi connectivity index (χ2v) is 3.80. The Morgan fingerprint density at radius 2 is 2.17 bits per heavy atom. The normalized spacial score (nSPS) is 10.4. The number of pyridine rings is 1. The van der Waals surface area contributed by atoms with E-state index in [-0.39, 0.29) is 12.5 Å². The molecule has 98 valence electrons. The maximum atomic E-state index is 11.2. The first-order valence-electron chi connectivity index (χ1n) is 5.60. The lowest BCUT2D eigenvalue weighted by Gasteiger charge is -2.17. The molecule has 1 rings (SSSR count). The van der Waals surface area contributed by atoms with E-state index < -0.39 is 5.97 Å². The summed E-state index contributed by atoms with van der Waals surface area (Å²) < 4.78 is 4.58. The van der Waals surface area contributed by atoms with Crippen molar-refractivity contribution in [2.24, 2.45) is 5.73 Å². The van der Waals surface area contributed by atoms with E-state index in [2.05, 4.69) is 9.72 Å². The monoisotopic (exact) mass is 251 g/mol. The molecule has 0 spiro atoms. The smallest absolute Gasteiger partial charge is 0.339 e. The van der Waals surface area contributed by atoms with E-state index in [4.69, 9.17) is 5.73 Å². The third-order valence-corrected chi connectivity index (χ3v) is 2.46. The van der Waals surface area contributed by atoms with Crippen LogP contribution >= 0.6 is 0 Å². The lowest BCUT2D eigenvalue weighted by atomic mass is 10.2. The van der Waals surface area contributed by atoms with Crippen molar-refractivity contribution in [3.05, 3.63) is 29.6 Å². The molecule has 0 aromatic carbocycles. The van der Waals surface area contributed by atoms with Gasteiger partial charge in [0.25, 0.3) is 0 Å². The lowest BCUT2D eigenvalue weighted by molar-refractivity contribution is -0.119. The molecule has 0 unspecified atom stereocenters. The SMILES string of the molecule is CCN(CC(N)=O)Cc1ccc(C(=O)OC)cn1. The Kier molecular flexibility index (Phi) is 5.26. The van der Waals surface area contributed by atoms with Gasteiger partial charge in [0.05, 0.1) is 24.9 Å². The molecule has 0 saturated heterocycles. The van der Waals surface area contributed by atoms with Gasteiger partial charge in [0.1, 0.15) is 0 Å². The van der Waals surface area contributed by atoms with Crippen LogP contribution in [0.2, 0.25) is 0 Å². The zero-order valence-corrected chi connectivity index (χ0v) is 10.5. The fourth-order valence-corrected chi connectivity index (χ4v) is 1.49. The summed E-state index contributed by atoms with van der Waals surface area (Å²) in [4.78, 5) is 28.1. The first kappa shape index (κ1) is 14.1. The van der Waals surface area contributed by atoms with E-state index in [1.807, 2.05) is 11.8 Å². The van der Waals surface area contributed by atoms with Gasteiger partial charge in [0, 0.05) is 12.7 Å². The van der Waals surface area contributed by atoms with Crippen LogP contribution in [0.5, 0.6) is 0 Å². The van der Waals surface area contributed by atoms with Crippen molar-refractivity contribution in [1.29, 1.82) is 0 Å². The van der Waals surface area contributed by atoms with Gasteiger partial charge >= 0.3 is 5.97 Å². The number of carbonyl (C=O) groups excluding carboxylic acids is 2. The average Bonchev–Trinajstić information content (AvgIpc) is 2.37. The largest absolute Gasteiger partial charge is 0.465 e. The summed E-state index contributed by atoms with van der Waals surface area (Å²) in [6.45, 7) is 3.34. The number of methoxy groups -OCH3 is 1. The Hall–Kier alpha value is -1.95. The van der Waals surface area contributed by atoms with Crippen LogP contribution in [-0.4, -0.2) is 42.0 Å².